The van der Waals surface area contributed by atoms with Crippen molar-refractivity contribution in [1.29, 1.82) is 5.26 Å². The van der Waals surface area contributed by atoms with Gasteiger partial charge in [0.05, 0.1) is 11.6 Å². The zero-order chi connectivity index (χ0) is 15.9. The molecule has 0 amide bonds. The van der Waals surface area contributed by atoms with Crippen molar-refractivity contribution < 1.29 is 4.79 Å². The summed E-state index contributed by atoms with van der Waals surface area (Å²) < 4.78 is 1.60. The Morgan fingerprint density at radius 2 is 1.95 bits per heavy atom. The summed E-state index contributed by atoms with van der Waals surface area (Å²) >= 11 is 0. The summed E-state index contributed by atoms with van der Waals surface area (Å²) in [4.78, 5) is 16.9. The summed E-state index contributed by atoms with van der Waals surface area (Å²) in [7, 11) is 0. The van der Waals surface area contributed by atoms with Gasteiger partial charge in [0.2, 0.25) is 5.91 Å². The first kappa shape index (κ1) is 15.7. The lowest BCUT2D eigenvalue weighted by atomic mass is 10.1. The van der Waals surface area contributed by atoms with E-state index in [0.717, 1.165) is 5.56 Å². The van der Waals surface area contributed by atoms with Crippen molar-refractivity contribution in [2.75, 3.05) is 0 Å². The molecule has 22 heavy (non-hydrogen) atoms. The van der Waals surface area contributed by atoms with Gasteiger partial charge in [-0.2, -0.15) is 5.26 Å². The fourth-order valence-electron chi connectivity index (χ4n) is 2.13. The molecule has 1 heterocycles. The molecule has 2 rings (SSSR count). The summed E-state index contributed by atoms with van der Waals surface area (Å²) in [5.74, 6) is 0.0179. The lowest BCUT2D eigenvalue weighted by molar-refractivity contribution is 0.0897. The van der Waals surface area contributed by atoms with E-state index in [9.17, 15) is 4.79 Å². The average molecular weight is 293 g/mol. The summed E-state index contributed by atoms with van der Waals surface area (Å²) in [5.41, 5.74) is 2.36. The minimum absolute atomic E-state index is 0.0179. The van der Waals surface area contributed by atoms with Crippen molar-refractivity contribution >= 4 is 5.91 Å². The van der Waals surface area contributed by atoms with Crippen LogP contribution < -0.4 is 5.49 Å². The lowest BCUT2D eigenvalue weighted by Gasteiger charge is -2.07. The van der Waals surface area contributed by atoms with Crippen molar-refractivity contribution in [2.24, 2.45) is 4.99 Å². The fraction of sp³-hybridized carbons (Fsp3) is 0.278. The molecule has 0 unspecified atom stereocenters. The molecule has 0 atom stereocenters. The Hall–Kier alpha value is -2.67. The molecule has 0 aliphatic rings. The van der Waals surface area contributed by atoms with Crippen LogP contribution in [-0.2, 0) is 6.42 Å². The van der Waals surface area contributed by atoms with Crippen LogP contribution in [0.25, 0.3) is 0 Å². The van der Waals surface area contributed by atoms with Crippen LogP contribution in [0.1, 0.15) is 36.2 Å². The highest BCUT2D eigenvalue weighted by Crippen LogP contribution is 2.06. The molecule has 1 aromatic heterocycles. The second-order valence-electron chi connectivity index (χ2n) is 5.35. The second kappa shape index (κ2) is 7.37. The Morgan fingerprint density at radius 1 is 1.23 bits per heavy atom. The number of hydrogen-bond acceptors (Lipinski definition) is 3. The molecule has 0 bridgehead atoms. The van der Waals surface area contributed by atoms with Gasteiger partial charge in [-0.3, -0.25) is 14.4 Å². The maximum absolute atomic E-state index is 12.4. The zero-order valence-corrected chi connectivity index (χ0v) is 12.9. The van der Waals surface area contributed by atoms with Crippen molar-refractivity contribution in [3.8, 4) is 6.07 Å². The number of carbonyl (C=O) groups excluding carboxylic acids is 1. The molecular weight excluding hydrogens is 274 g/mol. The van der Waals surface area contributed by atoms with Crippen LogP contribution in [0, 0.1) is 11.3 Å². The maximum atomic E-state index is 12.4. The first-order chi connectivity index (χ1) is 10.6. The van der Waals surface area contributed by atoms with E-state index in [1.54, 1.807) is 22.9 Å². The van der Waals surface area contributed by atoms with Crippen LogP contribution >= 0.6 is 0 Å². The summed E-state index contributed by atoms with van der Waals surface area (Å²) in [6.45, 7) is 3.97. The van der Waals surface area contributed by atoms with Crippen LogP contribution in [0.2, 0.25) is 0 Å². The standard InChI is InChI=1S/C18H19N3O/c1-14(2)20-17-5-3-4-12-21(17)18(22)11-10-15-6-8-16(13-19)9-7-15/h3-9,12,14H,10-11H2,1-2H3. The third-order valence-electron chi connectivity index (χ3n) is 3.21. The number of pyridine rings is 1. The Balaban J connectivity index is 2.11. The first-order valence-corrected chi connectivity index (χ1v) is 7.34. The van der Waals surface area contributed by atoms with Gasteiger partial charge in [-0.25, -0.2) is 0 Å². The van der Waals surface area contributed by atoms with Crippen LogP contribution in [-0.4, -0.2) is 16.5 Å². The highest BCUT2D eigenvalue weighted by atomic mass is 16.2. The monoisotopic (exact) mass is 293 g/mol. The third-order valence-corrected chi connectivity index (χ3v) is 3.21. The molecule has 0 fully saturated rings. The molecule has 2 aromatic rings. The summed E-state index contributed by atoms with van der Waals surface area (Å²) in [6, 6.07) is 15.1. The van der Waals surface area contributed by atoms with Crippen molar-refractivity contribution in [1.82, 2.24) is 4.57 Å². The Bertz CT molecular complexity index is 749. The number of aryl methyl sites for hydroxylation is 1. The first-order valence-electron chi connectivity index (χ1n) is 7.34. The Kier molecular flexibility index (Phi) is 5.26. The number of nitriles is 1. The Morgan fingerprint density at radius 3 is 2.59 bits per heavy atom. The Labute approximate surface area is 130 Å². The van der Waals surface area contributed by atoms with E-state index < -0.39 is 0 Å². The quantitative estimate of drug-likeness (QED) is 0.870. The molecule has 4 heteroatoms. The number of rotatable bonds is 4. The molecule has 0 aliphatic carbocycles. The van der Waals surface area contributed by atoms with Gasteiger partial charge in [-0.15, -0.1) is 0 Å². The van der Waals surface area contributed by atoms with E-state index in [-0.39, 0.29) is 11.9 Å². The average Bonchev–Trinajstić information content (AvgIpc) is 2.53. The van der Waals surface area contributed by atoms with Crippen LogP contribution in [0.3, 0.4) is 0 Å². The van der Waals surface area contributed by atoms with Crippen molar-refractivity contribution in [3.05, 3.63) is 65.3 Å². The minimum atomic E-state index is 0.0179. The van der Waals surface area contributed by atoms with Gasteiger partial charge in [0, 0.05) is 18.7 Å². The SMILES string of the molecule is CC(C)N=c1ccccn1C(=O)CCc1ccc(C#N)cc1. The molecule has 1 aromatic carbocycles. The van der Waals surface area contributed by atoms with E-state index in [0.29, 0.717) is 23.9 Å². The van der Waals surface area contributed by atoms with E-state index in [2.05, 4.69) is 11.1 Å². The van der Waals surface area contributed by atoms with E-state index in [4.69, 9.17) is 5.26 Å². The van der Waals surface area contributed by atoms with Gasteiger partial charge in [0.1, 0.15) is 5.49 Å². The zero-order valence-electron chi connectivity index (χ0n) is 12.9. The summed E-state index contributed by atoms with van der Waals surface area (Å²) in [5, 5.41) is 8.78. The number of benzene rings is 1. The minimum Gasteiger partial charge on any atom is -0.274 e. The van der Waals surface area contributed by atoms with Crippen molar-refractivity contribution in [2.45, 2.75) is 32.7 Å². The van der Waals surface area contributed by atoms with Crippen LogP contribution in [0.4, 0.5) is 0 Å². The second-order valence-corrected chi connectivity index (χ2v) is 5.35. The molecule has 4 nitrogen and oxygen atoms in total. The third kappa shape index (κ3) is 4.16. The molecule has 0 radical (unpaired) electrons. The van der Waals surface area contributed by atoms with Crippen LogP contribution in [0.5, 0.6) is 0 Å². The predicted octanol–water partition coefficient (Wildman–Crippen LogP) is 2.94. The largest absolute Gasteiger partial charge is 0.274 e. The van der Waals surface area contributed by atoms with E-state index >= 15 is 0 Å². The van der Waals surface area contributed by atoms with Crippen molar-refractivity contribution in [3.63, 3.8) is 0 Å². The fourth-order valence-corrected chi connectivity index (χ4v) is 2.13. The van der Waals surface area contributed by atoms with E-state index in [1.165, 1.54) is 0 Å². The predicted molar refractivity (Wildman–Crippen MR) is 85.2 cm³/mol. The number of nitrogens with zero attached hydrogens (tertiary/aromatic N) is 3. The molecule has 0 aliphatic heterocycles. The van der Waals surface area contributed by atoms with Gasteiger partial charge in [-0.05, 0) is 50.1 Å². The maximum Gasteiger partial charge on any atom is 0.232 e. The highest BCUT2D eigenvalue weighted by Gasteiger charge is 2.06. The molecule has 112 valence electrons. The number of carbonyl (C=O) groups is 1. The molecular formula is C18H19N3O. The molecule has 0 spiro atoms. The number of hydrogen-bond donors (Lipinski definition) is 0. The lowest BCUT2D eigenvalue weighted by Crippen LogP contribution is -2.27. The van der Waals surface area contributed by atoms with E-state index in [1.807, 2.05) is 44.2 Å². The normalized spacial score (nSPS) is 11.5. The molecule has 0 saturated carbocycles. The molecule has 0 N–H and O–H groups in total. The van der Waals surface area contributed by atoms with Gasteiger partial charge in [0.25, 0.3) is 0 Å². The molecule has 0 saturated heterocycles. The topological polar surface area (TPSA) is 58.1 Å². The van der Waals surface area contributed by atoms with Gasteiger partial charge in [-0.1, -0.05) is 18.2 Å². The smallest absolute Gasteiger partial charge is 0.232 e. The van der Waals surface area contributed by atoms with Gasteiger partial charge >= 0.3 is 0 Å². The number of aromatic nitrogens is 1. The summed E-state index contributed by atoms with van der Waals surface area (Å²) in [6.07, 6.45) is 2.80. The highest BCUT2D eigenvalue weighted by molar-refractivity contribution is 5.78. The van der Waals surface area contributed by atoms with Gasteiger partial charge < -0.3 is 0 Å². The van der Waals surface area contributed by atoms with Gasteiger partial charge in [0.15, 0.2) is 0 Å². The van der Waals surface area contributed by atoms with Crippen LogP contribution in [0.15, 0.2) is 53.7 Å².